The van der Waals surface area contributed by atoms with E-state index in [1.807, 2.05) is 6.07 Å². The molecular weight excluding hydrogens is 430 g/mol. The highest BCUT2D eigenvalue weighted by atomic mass is 32.2. The van der Waals surface area contributed by atoms with Crippen LogP contribution in [0.2, 0.25) is 0 Å². The average molecular weight is 474 g/mol. The van der Waals surface area contributed by atoms with Gasteiger partial charge >= 0.3 is 0 Å². The van der Waals surface area contributed by atoms with Gasteiger partial charge in [0.25, 0.3) is 0 Å². The van der Waals surface area contributed by atoms with E-state index in [0.717, 1.165) is 81.3 Å². The van der Waals surface area contributed by atoms with E-state index in [1.165, 1.54) is 11.1 Å². The van der Waals surface area contributed by atoms with Gasteiger partial charge in [0.2, 0.25) is 5.91 Å². The monoisotopic (exact) mass is 473 g/mol. The van der Waals surface area contributed by atoms with Crippen molar-refractivity contribution in [3.8, 4) is 0 Å². The van der Waals surface area contributed by atoms with E-state index in [-0.39, 0.29) is 11.9 Å². The van der Waals surface area contributed by atoms with E-state index in [4.69, 9.17) is 4.74 Å². The molecule has 0 aromatic heterocycles. The Morgan fingerprint density at radius 3 is 2.64 bits per heavy atom. The summed E-state index contributed by atoms with van der Waals surface area (Å²) in [4.78, 5) is 20.5. The summed E-state index contributed by atoms with van der Waals surface area (Å²) in [7, 11) is 0. The van der Waals surface area contributed by atoms with E-state index in [9.17, 15) is 4.79 Å². The van der Waals surface area contributed by atoms with E-state index >= 15 is 0 Å². The summed E-state index contributed by atoms with van der Waals surface area (Å²) in [5.41, 5.74) is 3.42. The number of rotatable bonds is 15. The van der Waals surface area contributed by atoms with E-state index in [2.05, 4.69) is 61.4 Å². The second kappa shape index (κ2) is 15.3. The van der Waals surface area contributed by atoms with Gasteiger partial charge in [0.1, 0.15) is 0 Å². The Labute approximate surface area is 205 Å². The Hall–Kier alpha value is -1.63. The van der Waals surface area contributed by atoms with Crippen LogP contribution in [-0.2, 0) is 16.0 Å². The lowest BCUT2D eigenvalue weighted by molar-refractivity contribution is -0.122. The molecule has 5 nitrogen and oxygen atoms in total. The van der Waals surface area contributed by atoms with Crippen molar-refractivity contribution in [1.82, 2.24) is 10.2 Å². The predicted octanol–water partition coefficient (Wildman–Crippen LogP) is 5.65. The number of hydrogen-bond donors (Lipinski definition) is 1. The van der Waals surface area contributed by atoms with Gasteiger partial charge in [0.15, 0.2) is 0 Å². The quantitative estimate of drug-likeness (QED) is 0.155. The fourth-order valence-electron chi connectivity index (χ4n) is 4.31. The number of amides is 1. The van der Waals surface area contributed by atoms with Crippen LogP contribution in [0.15, 0.2) is 40.2 Å². The minimum absolute atomic E-state index is 0.145. The van der Waals surface area contributed by atoms with Crippen molar-refractivity contribution in [3.63, 3.8) is 0 Å². The molecule has 33 heavy (non-hydrogen) atoms. The summed E-state index contributed by atoms with van der Waals surface area (Å²) in [6.45, 7) is 19.0. The van der Waals surface area contributed by atoms with E-state index in [1.54, 1.807) is 11.8 Å². The molecule has 1 aromatic carbocycles. The van der Waals surface area contributed by atoms with Crippen molar-refractivity contribution in [3.05, 3.63) is 35.9 Å². The number of nitrogens with one attached hydrogen (secondary N) is 1. The van der Waals surface area contributed by atoms with Gasteiger partial charge < -0.3 is 10.1 Å². The van der Waals surface area contributed by atoms with Crippen molar-refractivity contribution >= 4 is 30.1 Å². The molecule has 0 aliphatic carbocycles. The van der Waals surface area contributed by atoms with Gasteiger partial charge in [-0.05, 0) is 81.3 Å². The molecule has 1 heterocycles. The zero-order valence-electron chi connectivity index (χ0n) is 20.9. The third-order valence-electron chi connectivity index (χ3n) is 6.44. The molecule has 1 aliphatic heterocycles. The molecule has 0 spiro atoms. The SMILES string of the molecule is C=Nc1ccc(CC)cc1SCCCC(=O)NC(CC(=C)CN(CC)CC)C1CCOCC1. The van der Waals surface area contributed by atoms with E-state index < -0.39 is 0 Å². The van der Waals surface area contributed by atoms with Crippen LogP contribution in [0.5, 0.6) is 0 Å². The number of carbonyl (C=O) groups is 1. The largest absolute Gasteiger partial charge is 0.381 e. The molecule has 1 amide bonds. The van der Waals surface area contributed by atoms with Gasteiger partial charge in [-0.2, -0.15) is 0 Å². The normalized spacial score (nSPS) is 15.4. The first-order chi connectivity index (χ1) is 16.0. The maximum atomic E-state index is 12.8. The smallest absolute Gasteiger partial charge is 0.220 e. The number of benzene rings is 1. The summed E-state index contributed by atoms with van der Waals surface area (Å²) < 4.78 is 5.56. The van der Waals surface area contributed by atoms with Crippen LogP contribution in [-0.4, -0.2) is 62.2 Å². The number of thioether (sulfide) groups is 1. The lowest BCUT2D eigenvalue weighted by Gasteiger charge is -2.32. The number of ether oxygens (including phenoxy) is 1. The van der Waals surface area contributed by atoms with Gasteiger partial charge in [-0.3, -0.25) is 14.7 Å². The van der Waals surface area contributed by atoms with Crippen LogP contribution in [0.1, 0.15) is 58.4 Å². The number of aliphatic imine (C=N–C) groups is 1. The molecule has 1 saturated heterocycles. The third kappa shape index (κ3) is 9.63. The number of nitrogens with zero attached hydrogens (tertiary/aromatic N) is 2. The second-order valence-electron chi connectivity index (χ2n) is 8.81. The zero-order valence-corrected chi connectivity index (χ0v) is 21.7. The Balaban J connectivity index is 1.86. The highest BCUT2D eigenvalue weighted by Crippen LogP contribution is 2.31. The van der Waals surface area contributed by atoms with Crippen LogP contribution in [0.3, 0.4) is 0 Å². The predicted molar refractivity (Wildman–Crippen MR) is 142 cm³/mol. The molecular formula is C27H43N3O2S. The first-order valence-corrected chi connectivity index (χ1v) is 13.5. The first-order valence-electron chi connectivity index (χ1n) is 12.5. The van der Waals surface area contributed by atoms with Crippen molar-refractivity contribution in [2.24, 2.45) is 10.9 Å². The Bertz CT molecular complexity index is 758. The molecule has 184 valence electrons. The third-order valence-corrected chi connectivity index (χ3v) is 7.57. The first kappa shape index (κ1) is 27.6. The lowest BCUT2D eigenvalue weighted by Crippen LogP contribution is -2.43. The minimum Gasteiger partial charge on any atom is -0.381 e. The fraction of sp³-hybridized carbons (Fsp3) is 0.630. The fourth-order valence-corrected chi connectivity index (χ4v) is 5.33. The summed E-state index contributed by atoms with van der Waals surface area (Å²) >= 11 is 1.76. The number of hydrogen-bond acceptors (Lipinski definition) is 5. The number of aryl methyl sites for hydroxylation is 1. The molecule has 1 aliphatic rings. The lowest BCUT2D eigenvalue weighted by atomic mass is 9.87. The summed E-state index contributed by atoms with van der Waals surface area (Å²) in [6.07, 6.45) is 5.24. The van der Waals surface area contributed by atoms with Gasteiger partial charge in [-0.25, -0.2) is 0 Å². The van der Waals surface area contributed by atoms with Crippen LogP contribution >= 0.6 is 11.8 Å². The maximum absolute atomic E-state index is 12.8. The number of carbonyl (C=O) groups excluding carboxylic acids is 1. The topological polar surface area (TPSA) is 53.9 Å². The van der Waals surface area contributed by atoms with Crippen molar-refractivity contribution in [1.29, 1.82) is 0 Å². The second-order valence-corrected chi connectivity index (χ2v) is 9.94. The molecule has 0 bridgehead atoms. The molecule has 2 rings (SSSR count). The highest BCUT2D eigenvalue weighted by molar-refractivity contribution is 7.99. The van der Waals surface area contributed by atoms with Crippen LogP contribution in [0.4, 0.5) is 5.69 Å². The minimum atomic E-state index is 0.145. The highest BCUT2D eigenvalue weighted by Gasteiger charge is 2.26. The van der Waals surface area contributed by atoms with Crippen molar-refractivity contribution < 1.29 is 9.53 Å². The van der Waals surface area contributed by atoms with Crippen LogP contribution in [0.25, 0.3) is 0 Å². The van der Waals surface area contributed by atoms with Crippen LogP contribution in [0, 0.1) is 5.92 Å². The summed E-state index contributed by atoms with van der Waals surface area (Å²) in [6, 6.07) is 6.48. The standard InChI is InChI=1S/C27H43N3O2S/c1-6-22-11-12-24(28-5)26(19-22)33-17-9-10-27(31)29-25(23-13-15-32-16-14-23)18-21(4)20-30(7-2)8-3/h11-12,19,23,25H,4-10,13-18,20H2,1-3H3,(H,29,31). The van der Waals surface area contributed by atoms with Crippen molar-refractivity contribution in [2.75, 3.05) is 38.6 Å². The maximum Gasteiger partial charge on any atom is 0.220 e. The summed E-state index contributed by atoms with van der Waals surface area (Å²) in [5, 5.41) is 3.35. The van der Waals surface area contributed by atoms with Gasteiger partial charge in [0, 0.05) is 37.1 Å². The zero-order chi connectivity index (χ0) is 24.1. The molecule has 1 fully saturated rings. The van der Waals surface area contributed by atoms with E-state index in [0.29, 0.717) is 12.3 Å². The molecule has 1 aromatic rings. The van der Waals surface area contributed by atoms with Crippen molar-refractivity contribution in [2.45, 2.75) is 70.2 Å². The molecule has 1 N–H and O–H groups in total. The van der Waals surface area contributed by atoms with Gasteiger partial charge in [-0.1, -0.05) is 39.0 Å². The summed E-state index contributed by atoms with van der Waals surface area (Å²) in [5.74, 6) is 1.50. The average Bonchev–Trinajstić information content (AvgIpc) is 2.85. The van der Waals surface area contributed by atoms with Gasteiger partial charge in [0.05, 0.1) is 5.69 Å². The molecule has 1 unspecified atom stereocenters. The van der Waals surface area contributed by atoms with Crippen LogP contribution < -0.4 is 5.32 Å². The molecule has 0 radical (unpaired) electrons. The van der Waals surface area contributed by atoms with Gasteiger partial charge in [-0.15, -0.1) is 11.8 Å². The number of likely N-dealkylation sites (N-methyl/N-ethyl adjacent to an activating group) is 1. The Morgan fingerprint density at radius 2 is 2.00 bits per heavy atom. The molecule has 1 atom stereocenters. The Morgan fingerprint density at radius 1 is 1.27 bits per heavy atom. The molecule has 6 heteroatoms. The Kier molecular flexibility index (Phi) is 12.8. The molecule has 0 saturated carbocycles.